The van der Waals surface area contributed by atoms with E-state index in [1.165, 1.54) is 0 Å². The standard InChI is InChI=1S/C11H12N2O2S/c1-7-4-8(6-12)5-9-2-3-10(11(7)9)13-16(14)15/h4-5,10,13H,2-3H2,1H3,(H,14,15)/p-1. The summed E-state index contributed by atoms with van der Waals surface area (Å²) in [4.78, 5) is 0. The summed E-state index contributed by atoms with van der Waals surface area (Å²) in [6.45, 7) is 1.91. The summed E-state index contributed by atoms with van der Waals surface area (Å²) in [6, 6.07) is 5.62. The van der Waals surface area contributed by atoms with Crippen molar-refractivity contribution in [3.05, 3.63) is 34.4 Å². The lowest BCUT2D eigenvalue weighted by molar-refractivity contribution is 0.504. The zero-order valence-electron chi connectivity index (χ0n) is 8.82. The van der Waals surface area contributed by atoms with Crippen molar-refractivity contribution < 1.29 is 8.76 Å². The molecule has 2 unspecified atom stereocenters. The maximum atomic E-state index is 10.6. The van der Waals surface area contributed by atoms with E-state index in [1.54, 1.807) is 6.07 Å². The first-order valence-electron chi connectivity index (χ1n) is 5.00. The molecule has 4 nitrogen and oxygen atoms in total. The first kappa shape index (κ1) is 11.3. The molecule has 84 valence electrons. The van der Waals surface area contributed by atoms with E-state index >= 15 is 0 Å². The van der Waals surface area contributed by atoms with Crippen LogP contribution in [0.25, 0.3) is 0 Å². The van der Waals surface area contributed by atoms with Crippen LogP contribution in [0.15, 0.2) is 12.1 Å². The molecule has 1 aromatic rings. The third-order valence-corrected chi connectivity index (χ3v) is 3.37. The largest absolute Gasteiger partial charge is 0.760 e. The number of nitriles is 1. The second-order valence-corrected chi connectivity index (χ2v) is 4.63. The molecule has 1 aliphatic carbocycles. The Morgan fingerprint density at radius 3 is 3.00 bits per heavy atom. The van der Waals surface area contributed by atoms with Crippen LogP contribution < -0.4 is 4.72 Å². The number of fused-ring (bicyclic) bond motifs is 1. The minimum atomic E-state index is -2.24. The quantitative estimate of drug-likeness (QED) is 0.783. The van der Waals surface area contributed by atoms with Gasteiger partial charge in [0.15, 0.2) is 0 Å². The van der Waals surface area contributed by atoms with E-state index in [4.69, 9.17) is 5.26 Å². The normalized spacial score (nSPS) is 20.2. The lowest BCUT2D eigenvalue weighted by Crippen LogP contribution is -2.21. The fourth-order valence-corrected chi connectivity index (χ4v) is 2.79. The Labute approximate surface area is 96.7 Å². The number of nitrogens with zero attached hydrogens (tertiary/aromatic N) is 1. The minimum absolute atomic E-state index is 0.138. The van der Waals surface area contributed by atoms with Crippen LogP contribution in [0.3, 0.4) is 0 Å². The third kappa shape index (κ3) is 2.00. The molecule has 16 heavy (non-hydrogen) atoms. The van der Waals surface area contributed by atoms with Crippen molar-refractivity contribution in [3.8, 4) is 6.07 Å². The van der Waals surface area contributed by atoms with E-state index in [0.717, 1.165) is 29.5 Å². The van der Waals surface area contributed by atoms with E-state index in [0.29, 0.717) is 5.56 Å². The van der Waals surface area contributed by atoms with Gasteiger partial charge in [-0.25, -0.2) is 4.72 Å². The predicted molar refractivity (Wildman–Crippen MR) is 59.0 cm³/mol. The fourth-order valence-electron chi connectivity index (χ4n) is 2.32. The van der Waals surface area contributed by atoms with Gasteiger partial charge in [0.2, 0.25) is 0 Å². The van der Waals surface area contributed by atoms with Crippen molar-refractivity contribution in [1.29, 1.82) is 5.26 Å². The molecular weight excluding hydrogens is 224 g/mol. The molecule has 0 spiro atoms. The average molecular weight is 235 g/mol. The molecule has 2 atom stereocenters. The highest BCUT2D eigenvalue weighted by atomic mass is 32.2. The molecular formula is C11H11N2O2S-. The lowest BCUT2D eigenvalue weighted by atomic mass is 9.99. The van der Waals surface area contributed by atoms with Crippen LogP contribution in [0.2, 0.25) is 0 Å². The maximum absolute atomic E-state index is 10.6. The van der Waals surface area contributed by atoms with E-state index in [1.807, 2.05) is 13.0 Å². The minimum Gasteiger partial charge on any atom is -0.760 e. The topological polar surface area (TPSA) is 76.0 Å². The molecule has 1 aromatic carbocycles. The van der Waals surface area contributed by atoms with Gasteiger partial charge in [-0.3, -0.25) is 4.21 Å². The summed E-state index contributed by atoms with van der Waals surface area (Å²) < 4.78 is 23.8. The third-order valence-electron chi connectivity index (χ3n) is 2.89. The van der Waals surface area contributed by atoms with E-state index in [-0.39, 0.29) is 6.04 Å². The Morgan fingerprint density at radius 2 is 2.38 bits per heavy atom. The highest BCUT2D eigenvalue weighted by molar-refractivity contribution is 7.77. The van der Waals surface area contributed by atoms with Gasteiger partial charge in [-0.05, 0) is 48.6 Å². The second-order valence-electron chi connectivity index (χ2n) is 3.92. The van der Waals surface area contributed by atoms with Gasteiger partial charge in [-0.1, -0.05) is 0 Å². The Kier molecular flexibility index (Phi) is 3.06. The molecule has 0 fully saturated rings. The zero-order valence-corrected chi connectivity index (χ0v) is 9.63. The van der Waals surface area contributed by atoms with Crippen LogP contribution >= 0.6 is 0 Å². The van der Waals surface area contributed by atoms with Crippen LogP contribution in [0.4, 0.5) is 0 Å². The molecule has 0 heterocycles. The number of hydrogen-bond acceptors (Lipinski definition) is 3. The smallest absolute Gasteiger partial charge is 0.0991 e. The van der Waals surface area contributed by atoms with Gasteiger partial charge in [-0.2, -0.15) is 5.26 Å². The molecule has 1 N–H and O–H groups in total. The number of benzene rings is 1. The van der Waals surface area contributed by atoms with Crippen LogP contribution in [-0.2, 0) is 17.7 Å². The number of aryl methyl sites for hydroxylation is 2. The lowest BCUT2D eigenvalue weighted by Gasteiger charge is -2.17. The van der Waals surface area contributed by atoms with Crippen molar-refractivity contribution >= 4 is 11.3 Å². The number of nitrogens with one attached hydrogen (secondary N) is 1. The molecule has 0 bridgehead atoms. The molecule has 0 amide bonds. The summed E-state index contributed by atoms with van der Waals surface area (Å²) in [5.41, 5.74) is 3.73. The average Bonchev–Trinajstić information content (AvgIpc) is 2.60. The van der Waals surface area contributed by atoms with E-state index < -0.39 is 11.3 Å². The van der Waals surface area contributed by atoms with Gasteiger partial charge in [0.05, 0.1) is 11.6 Å². The van der Waals surface area contributed by atoms with Crippen molar-refractivity contribution in [2.24, 2.45) is 0 Å². The van der Waals surface area contributed by atoms with Crippen molar-refractivity contribution in [2.75, 3.05) is 0 Å². The van der Waals surface area contributed by atoms with Crippen LogP contribution in [-0.4, -0.2) is 8.76 Å². The molecule has 1 aliphatic rings. The van der Waals surface area contributed by atoms with Crippen molar-refractivity contribution in [2.45, 2.75) is 25.8 Å². The van der Waals surface area contributed by atoms with Crippen LogP contribution in [0, 0.1) is 18.3 Å². The first-order chi connectivity index (χ1) is 7.61. The number of hydrogen-bond donors (Lipinski definition) is 1. The van der Waals surface area contributed by atoms with Crippen LogP contribution in [0.5, 0.6) is 0 Å². The van der Waals surface area contributed by atoms with Crippen molar-refractivity contribution in [1.82, 2.24) is 4.72 Å². The zero-order chi connectivity index (χ0) is 11.7. The molecule has 0 aromatic heterocycles. The molecule has 0 aliphatic heterocycles. The maximum Gasteiger partial charge on any atom is 0.0991 e. The van der Waals surface area contributed by atoms with Gasteiger partial charge in [0.25, 0.3) is 0 Å². The predicted octanol–water partition coefficient (Wildman–Crippen LogP) is 1.24. The highest BCUT2D eigenvalue weighted by Crippen LogP contribution is 2.34. The van der Waals surface area contributed by atoms with Crippen LogP contribution in [0.1, 0.15) is 34.7 Å². The van der Waals surface area contributed by atoms with E-state index in [2.05, 4.69) is 10.8 Å². The summed E-state index contributed by atoms with van der Waals surface area (Å²) >= 11 is -2.24. The van der Waals surface area contributed by atoms with E-state index in [9.17, 15) is 8.76 Å². The summed E-state index contributed by atoms with van der Waals surface area (Å²) in [7, 11) is 0. The Morgan fingerprint density at radius 1 is 1.62 bits per heavy atom. The SMILES string of the molecule is Cc1cc(C#N)cc2c1C(NS(=O)[O-])CC2. The molecule has 2 rings (SSSR count). The molecule has 0 saturated heterocycles. The molecule has 5 heteroatoms. The molecule has 0 saturated carbocycles. The summed E-state index contributed by atoms with van der Waals surface area (Å²) in [5.74, 6) is 0. The first-order valence-corrected chi connectivity index (χ1v) is 6.08. The molecule has 0 radical (unpaired) electrons. The Hall–Kier alpha value is -1.22. The highest BCUT2D eigenvalue weighted by Gasteiger charge is 2.24. The second kappa shape index (κ2) is 4.34. The van der Waals surface area contributed by atoms with Crippen molar-refractivity contribution in [3.63, 3.8) is 0 Å². The van der Waals surface area contributed by atoms with Gasteiger partial charge in [0, 0.05) is 17.3 Å². The monoisotopic (exact) mass is 235 g/mol. The van der Waals surface area contributed by atoms with Gasteiger partial charge in [0.1, 0.15) is 0 Å². The summed E-state index contributed by atoms with van der Waals surface area (Å²) in [5, 5.41) is 8.84. The van der Waals surface area contributed by atoms with Gasteiger partial charge < -0.3 is 4.55 Å². The number of rotatable bonds is 2. The Balaban J connectivity index is 2.40. The summed E-state index contributed by atoms with van der Waals surface area (Å²) in [6.07, 6.45) is 1.58. The Bertz CT molecular complexity index is 493. The van der Waals surface area contributed by atoms with Gasteiger partial charge >= 0.3 is 0 Å². The van der Waals surface area contributed by atoms with Gasteiger partial charge in [-0.15, -0.1) is 0 Å². The fraction of sp³-hybridized carbons (Fsp3) is 0.364.